The molecule has 0 saturated carbocycles. The first-order chi connectivity index (χ1) is 8.35. The normalized spacial score (nSPS) is 12.1. The predicted octanol–water partition coefficient (Wildman–Crippen LogP) is 2.48. The second kappa shape index (κ2) is 6.14. The van der Waals surface area contributed by atoms with Crippen molar-refractivity contribution in [2.45, 2.75) is 65.0 Å². The molecule has 0 saturated heterocycles. The van der Waals surface area contributed by atoms with Crippen molar-refractivity contribution in [3.05, 3.63) is 18.0 Å². The van der Waals surface area contributed by atoms with Crippen LogP contribution < -0.4 is 5.73 Å². The Balaban J connectivity index is 2.61. The Labute approximate surface area is 110 Å². The Hall–Kier alpha value is -1.16. The molecule has 18 heavy (non-hydrogen) atoms. The predicted molar refractivity (Wildman–Crippen MR) is 73.4 cm³/mol. The number of nitrogens with two attached hydrogens (primary N) is 1. The monoisotopic (exact) mass is 251 g/mol. The van der Waals surface area contributed by atoms with Crippen LogP contribution in [-0.2, 0) is 11.2 Å². The number of rotatable bonds is 7. The number of aromatic nitrogens is 2. The molecule has 1 rings (SSSR count). The molecule has 1 aromatic rings. The molecule has 102 valence electrons. The van der Waals surface area contributed by atoms with Crippen LogP contribution in [0.2, 0.25) is 0 Å². The summed E-state index contributed by atoms with van der Waals surface area (Å²) in [6.45, 7) is 8.04. The standard InChI is InChI=1S/C14H25N3O/c1-5-12(6-2)17-8-7-11(16-17)9-13(18)10-14(3,4)15/h7-8,12H,5-6,9-10,15H2,1-4H3. The lowest BCUT2D eigenvalue weighted by Gasteiger charge is -2.16. The zero-order valence-corrected chi connectivity index (χ0v) is 11.9. The van der Waals surface area contributed by atoms with E-state index in [-0.39, 0.29) is 5.78 Å². The van der Waals surface area contributed by atoms with Crippen molar-refractivity contribution in [2.24, 2.45) is 5.73 Å². The Bertz CT molecular complexity index is 386. The molecule has 1 heterocycles. The van der Waals surface area contributed by atoms with Gasteiger partial charge in [0.05, 0.1) is 18.2 Å². The van der Waals surface area contributed by atoms with E-state index in [4.69, 9.17) is 5.73 Å². The maximum atomic E-state index is 11.8. The molecule has 0 bridgehead atoms. The number of carbonyl (C=O) groups excluding carboxylic acids is 1. The number of hydrogen-bond acceptors (Lipinski definition) is 3. The molecule has 0 atom stereocenters. The molecule has 0 aliphatic carbocycles. The van der Waals surface area contributed by atoms with E-state index in [0.717, 1.165) is 18.5 Å². The minimum atomic E-state index is -0.435. The summed E-state index contributed by atoms with van der Waals surface area (Å²) in [6, 6.07) is 2.36. The Morgan fingerprint density at radius 1 is 1.44 bits per heavy atom. The Morgan fingerprint density at radius 3 is 2.56 bits per heavy atom. The van der Waals surface area contributed by atoms with Crippen LogP contribution in [0.1, 0.15) is 58.7 Å². The lowest BCUT2D eigenvalue weighted by atomic mass is 9.97. The number of nitrogens with zero attached hydrogens (tertiary/aromatic N) is 2. The number of Topliss-reactive ketones (excluding diaryl/α,β-unsaturated/α-hetero) is 1. The lowest BCUT2D eigenvalue weighted by molar-refractivity contribution is -0.119. The van der Waals surface area contributed by atoms with Crippen molar-refractivity contribution in [3.63, 3.8) is 0 Å². The van der Waals surface area contributed by atoms with E-state index in [1.165, 1.54) is 0 Å². The van der Waals surface area contributed by atoms with E-state index in [0.29, 0.717) is 18.9 Å². The maximum Gasteiger partial charge on any atom is 0.140 e. The first-order valence-electron chi connectivity index (χ1n) is 6.70. The van der Waals surface area contributed by atoms with Gasteiger partial charge in [-0.15, -0.1) is 0 Å². The quantitative estimate of drug-likeness (QED) is 0.810. The van der Waals surface area contributed by atoms with Crippen LogP contribution >= 0.6 is 0 Å². The van der Waals surface area contributed by atoms with Crippen molar-refractivity contribution in [1.82, 2.24) is 9.78 Å². The molecule has 0 unspecified atom stereocenters. The fourth-order valence-corrected chi connectivity index (χ4v) is 2.11. The highest BCUT2D eigenvalue weighted by Crippen LogP contribution is 2.15. The highest BCUT2D eigenvalue weighted by molar-refractivity contribution is 5.81. The molecule has 0 spiro atoms. The van der Waals surface area contributed by atoms with E-state index in [9.17, 15) is 4.79 Å². The van der Waals surface area contributed by atoms with Crippen LogP contribution in [0.4, 0.5) is 0 Å². The van der Waals surface area contributed by atoms with Gasteiger partial charge in [0.25, 0.3) is 0 Å². The van der Waals surface area contributed by atoms with E-state index in [1.54, 1.807) is 0 Å². The van der Waals surface area contributed by atoms with Crippen molar-refractivity contribution in [2.75, 3.05) is 0 Å². The molecular weight excluding hydrogens is 226 g/mol. The van der Waals surface area contributed by atoms with Crippen LogP contribution in [0, 0.1) is 0 Å². The smallest absolute Gasteiger partial charge is 0.140 e. The van der Waals surface area contributed by atoms with Gasteiger partial charge in [-0.3, -0.25) is 9.48 Å². The summed E-state index contributed by atoms with van der Waals surface area (Å²) in [5.41, 5.74) is 6.25. The third-order valence-corrected chi connectivity index (χ3v) is 3.01. The fraction of sp³-hybridized carbons (Fsp3) is 0.714. The molecule has 4 nitrogen and oxygen atoms in total. The van der Waals surface area contributed by atoms with Crippen LogP contribution in [0.5, 0.6) is 0 Å². The summed E-state index contributed by atoms with van der Waals surface area (Å²) in [5, 5.41) is 4.48. The van der Waals surface area contributed by atoms with E-state index in [2.05, 4.69) is 18.9 Å². The van der Waals surface area contributed by atoms with E-state index in [1.807, 2.05) is 30.8 Å². The highest BCUT2D eigenvalue weighted by atomic mass is 16.1. The summed E-state index contributed by atoms with van der Waals surface area (Å²) in [4.78, 5) is 11.8. The molecule has 1 aromatic heterocycles. The molecule has 2 N–H and O–H groups in total. The van der Waals surface area contributed by atoms with Crippen LogP contribution in [0.25, 0.3) is 0 Å². The Morgan fingerprint density at radius 2 is 2.06 bits per heavy atom. The SMILES string of the molecule is CCC(CC)n1ccc(CC(=O)CC(C)(C)N)n1. The Kier molecular flexibility index (Phi) is 5.08. The first kappa shape index (κ1) is 14.9. The van der Waals surface area contributed by atoms with Gasteiger partial charge < -0.3 is 5.73 Å². The largest absolute Gasteiger partial charge is 0.325 e. The van der Waals surface area contributed by atoms with Crippen LogP contribution in [0.15, 0.2) is 12.3 Å². The molecule has 0 amide bonds. The average Bonchev–Trinajstić information content (AvgIpc) is 2.65. The van der Waals surface area contributed by atoms with E-state index >= 15 is 0 Å². The summed E-state index contributed by atoms with van der Waals surface area (Å²) in [6.07, 6.45) is 4.86. The van der Waals surface area contributed by atoms with Crippen molar-refractivity contribution >= 4 is 5.78 Å². The van der Waals surface area contributed by atoms with Gasteiger partial charge in [0.15, 0.2) is 0 Å². The third-order valence-electron chi connectivity index (χ3n) is 3.01. The number of ketones is 1. The van der Waals surface area contributed by atoms with Gasteiger partial charge in [0, 0.05) is 18.2 Å². The molecule has 0 radical (unpaired) electrons. The second-order valence-electron chi connectivity index (χ2n) is 5.64. The first-order valence-corrected chi connectivity index (χ1v) is 6.70. The molecule has 0 fully saturated rings. The van der Waals surface area contributed by atoms with Gasteiger partial charge in [-0.2, -0.15) is 5.10 Å². The molecule has 0 aliphatic heterocycles. The van der Waals surface area contributed by atoms with Gasteiger partial charge in [0.1, 0.15) is 5.78 Å². The molecular formula is C14H25N3O. The molecule has 0 aliphatic rings. The van der Waals surface area contributed by atoms with Crippen molar-refractivity contribution in [3.8, 4) is 0 Å². The minimum absolute atomic E-state index is 0.150. The van der Waals surface area contributed by atoms with Crippen molar-refractivity contribution in [1.29, 1.82) is 0 Å². The fourth-order valence-electron chi connectivity index (χ4n) is 2.11. The minimum Gasteiger partial charge on any atom is -0.325 e. The number of hydrogen-bond donors (Lipinski definition) is 1. The second-order valence-corrected chi connectivity index (χ2v) is 5.64. The van der Waals surface area contributed by atoms with Crippen molar-refractivity contribution < 1.29 is 4.79 Å². The summed E-state index contributed by atoms with van der Waals surface area (Å²) < 4.78 is 1.97. The summed E-state index contributed by atoms with van der Waals surface area (Å²) >= 11 is 0. The van der Waals surface area contributed by atoms with Crippen LogP contribution in [-0.4, -0.2) is 21.1 Å². The molecule has 4 heteroatoms. The van der Waals surface area contributed by atoms with Gasteiger partial charge >= 0.3 is 0 Å². The lowest BCUT2D eigenvalue weighted by Crippen LogP contribution is -2.35. The number of carbonyl (C=O) groups is 1. The topological polar surface area (TPSA) is 60.9 Å². The molecule has 0 aromatic carbocycles. The van der Waals surface area contributed by atoms with E-state index < -0.39 is 5.54 Å². The zero-order valence-electron chi connectivity index (χ0n) is 11.9. The van der Waals surface area contributed by atoms with Gasteiger partial charge in [0.2, 0.25) is 0 Å². The summed E-state index contributed by atoms with van der Waals surface area (Å²) in [5.74, 6) is 0.150. The average molecular weight is 251 g/mol. The summed E-state index contributed by atoms with van der Waals surface area (Å²) in [7, 11) is 0. The zero-order chi connectivity index (χ0) is 13.8. The van der Waals surface area contributed by atoms with Gasteiger partial charge in [-0.1, -0.05) is 13.8 Å². The highest BCUT2D eigenvalue weighted by Gasteiger charge is 2.17. The van der Waals surface area contributed by atoms with Gasteiger partial charge in [-0.25, -0.2) is 0 Å². The third kappa shape index (κ3) is 4.61. The van der Waals surface area contributed by atoms with Crippen LogP contribution in [0.3, 0.4) is 0 Å². The maximum absolute atomic E-state index is 11.8. The van der Waals surface area contributed by atoms with Gasteiger partial charge in [-0.05, 0) is 32.8 Å².